The molecule has 144 valence electrons. The van der Waals surface area contributed by atoms with Gasteiger partial charge in [0.05, 0.1) is 27.0 Å². The number of nitrogens with one attached hydrogen (secondary N) is 1. The lowest BCUT2D eigenvalue weighted by molar-refractivity contribution is -0.116. The van der Waals surface area contributed by atoms with Crippen LogP contribution >= 0.6 is 0 Å². The van der Waals surface area contributed by atoms with Crippen LogP contribution in [0.25, 0.3) is 5.69 Å². The van der Waals surface area contributed by atoms with Crippen LogP contribution in [0.1, 0.15) is 23.6 Å². The quantitative estimate of drug-likeness (QED) is 0.736. The first kappa shape index (κ1) is 17.9. The maximum Gasteiger partial charge on any atom is 0.226 e. The van der Waals surface area contributed by atoms with Crippen molar-refractivity contribution in [2.45, 2.75) is 12.3 Å². The first-order chi connectivity index (χ1) is 13.6. The highest BCUT2D eigenvalue weighted by atomic mass is 16.5. The van der Waals surface area contributed by atoms with E-state index in [2.05, 4.69) is 10.3 Å². The maximum absolute atomic E-state index is 12.5. The molecule has 0 saturated heterocycles. The van der Waals surface area contributed by atoms with Crippen LogP contribution in [-0.2, 0) is 4.79 Å². The monoisotopic (exact) mass is 379 g/mol. The van der Waals surface area contributed by atoms with E-state index in [9.17, 15) is 4.79 Å². The van der Waals surface area contributed by atoms with Crippen LogP contribution < -0.4 is 19.5 Å². The smallest absolute Gasteiger partial charge is 0.226 e. The van der Waals surface area contributed by atoms with Gasteiger partial charge in [-0.1, -0.05) is 6.07 Å². The van der Waals surface area contributed by atoms with E-state index in [1.165, 1.54) is 0 Å². The highest BCUT2D eigenvalue weighted by molar-refractivity contribution is 5.94. The van der Waals surface area contributed by atoms with Crippen molar-refractivity contribution >= 4 is 11.7 Å². The molecule has 1 atom stereocenters. The summed E-state index contributed by atoms with van der Waals surface area (Å²) in [5.74, 6) is 2.54. The van der Waals surface area contributed by atoms with Gasteiger partial charge in [0.1, 0.15) is 29.4 Å². The number of methoxy groups -OCH3 is 3. The number of fused-ring (bicyclic) bond motifs is 1. The fraction of sp³-hybridized carbons (Fsp3) is 0.238. The summed E-state index contributed by atoms with van der Waals surface area (Å²) in [6.45, 7) is 0. The molecule has 2 aromatic carbocycles. The highest BCUT2D eigenvalue weighted by Crippen LogP contribution is 2.41. The van der Waals surface area contributed by atoms with E-state index in [4.69, 9.17) is 14.2 Å². The number of nitrogens with zero attached hydrogens (tertiary/aromatic N) is 2. The topological polar surface area (TPSA) is 74.6 Å². The second kappa shape index (κ2) is 7.26. The third-order valence-electron chi connectivity index (χ3n) is 4.94. The molecule has 7 heteroatoms. The SMILES string of the molecule is COc1ccc(-n2cnc3c2NC(=O)C[C@H]3c2ccc(OC)cc2OC)cc1. The number of hydrogen-bond acceptors (Lipinski definition) is 5. The molecule has 2 heterocycles. The van der Waals surface area contributed by atoms with Gasteiger partial charge in [-0.3, -0.25) is 9.36 Å². The number of benzene rings is 2. The van der Waals surface area contributed by atoms with Crippen LogP contribution in [0.15, 0.2) is 48.8 Å². The summed E-state index contributed by atoms with van der Waals surface area (Å²) < 4.78 is 17.9. The average Bonchev–Trinajstić information content (AvgIpc) is 3.16. The number of imidazole rings is 1. The van der Waals surface area contributed by atoms with Gasteiger partial charge in [0.25, 0.3) is 0 Å². The number of hydrogen-bond donors (Lipinski definition) is 1. The van der Waals surface area contributed by atoms with E-state index in [0.29, 0.717) is 23.7 Å². The molecule has 0 fully saturated rings. The fourth-order valence-electron chi connectivity index (χ4n) is 3.51. The van der Waals surface area contributed by atoms with Gasteiger partial charge in [-0.25, -0.2) is 4.98 Å². The summed E-state index contributed by atoms with van der Waals surface area (Å²) in [5, 5.41) is 2.96. The summed E-state index contributed by atoms with van der Waals surface area (Å²) in [5.41, 5.74) is 2.59. The minimum Gasteiger partial charge on any atom is -0.497 e. The van der Waals surface area contributed by atoms with Gasteiger partial charge < -0.3 is 19.5 Å². The van der Waals surface area contributed by atoms with E-state index >= 15 is 0 Å². The van der Waals surface area contributed by atoms with Gasteiger partial charge in [0.15, 0.2) is 0 Å². The zero-order chi connectivity index (χ0) is 19.7. The van der Waals surface area contributed by atoms with Crippen molar-refractivity contribution in [2.75, 3.05) is 26.6 Å². The molecular weight excluding hydrogens is 358 g/mol. The van der Waals surface area contributed by atoms with Gasteiger partial charge in [0.2, 0.25) is 5.91 Å². The van der Waals surface area contributed by atoms with Crippen LogP contribution in [0.2, 0.25) is 0 Å². The van der Waals surface area contributed by atoms with Crippen molar-refractivity contribution in [1.82, 2.24) is 9.55 Å². The van der Waals surface area contributed by atoms with Crippen LogP contribution in [0.3, 0.4) is 0 Å². The predicted molar refractivity (Wildman–Crippen MR) is 105 cm³/mol. The lowest BCUT2D eigenvalue weighted by atomic mass is 9.89. The molecule has 0 radical (unpaired) electrons. The van der Waals surface area contributed by atoms with E-state index in [1.807, 2.05) is 47.0 Å². The van der Waals surface area contributed by atoms with Crippen molar-refractivity contribution in [2.24, 2.45) is 0 Å². The average molecular weight is 379 g/mol. The second-order valence-corrected chi connectivity index (χ2v) is 6.46. The largest absolute Gasteiger partial charge is 0.497 e. The van der Waals surface area contributed by atoms with Crippen LogP contribution in [0.5, 0.6) is 17.2 Å². The van der Waals surface area contributed by atoms with E-state index in [-0.39, 0.29) is 11.8 Å². The van der Waals surface area contributed by atoms with E-state index in [0.717, 1.165) is 22.7 Å². The molecule has 1 N–H and O–H groups in total. The summed E-state index contributed by atoms with van der Waals surface area (Å²) in [7, 11) is 4.84. The highest BCUT2D eigenvalue weighted by Gasteiger charge is 2.32. The van der Waals surface area contributed by atoms with Gasteiger partial charge in [-0.2, -0.15) is 0 Å². The van der Waals surface area contributed by atoms with Crippen LogP contribution in [0.4, 0.5) is 5.82 Å². The normalized spacial score (nSPS) is 15.5. The van der Waals surface area contributed by atoms with Gasteiger partial charge in [0, 0.05) is 29.7 Å². The molecule has 0 unspecified atom stereocenters. The molecule has 1 aromatic heterocycles. The first-order valence-electron chi connectivity index (χ1n) is 8.88. The van der Waals surface area contributed by atoms with Crippen molar-refractivity contribution in [3.05, 3.63) is 60.0 Å². The minimum atomic E-state index is -0.205. The van der Waals surface area contributed by atoms with Crippen LogP contribution in [-0.4, -0.2) is 36.8 Å². The lowest BCUT2D eigenvalue weighted by Crippen LogP contribution is -2.25. The molecule has 1 aliphatic heterocycles. The molecule has 0 aliphatic carbocycles. The number of ether oxygens (including phenoxy) is 3. The van der Waals surface area contributed by atoms with Gasteiger partial charge in [-0.05, 0) is 30.3 Å². The molecule has 0 saturated carbocycles. The number of carbonyl (C=O) groups is 1. The number of rotatable bonds is 5. The number of aromatic nitrogens is 2. The summed E-state index contributed by atoms with van der Waals surface area (Å²) >= 11 is 0. The molecule has 1 amide bonds. The second-order valence-electron chi connectivity index (χ2n) is 6.46. The summed E-state index contributed by atoms with van der Waals surface area (Å²) in [4.78, 5) is 17.1. The standard InChI is InChI=1S/C21H21N3O4/c1-26-14-6-4-13(5-7-14)24-12-22-20-17(11-19(25)23-21(20)24)16-9-8-15(27-2)10-18(16)28-3/h4-10,12,17H,11H2,1-3H3,(H,23,25)/t17-/m0/s1. The number of anilines is 1. The third-order valence-corrected chi connectivity index (χ3v) is 4.94. The Balaban J connectivity index is 1.78. The lowest BCUT2D eigenvalue weighted by Gasteiger charge is -2.25. The molecule has 1 aliphatic rings. The van der Waals surface area contributed by atoms with Crippen LogP contribution in [0, 0.1) is 0 Å². The Morgan fingerprint density at radius 1 is 1.00 bits per heavy atom. The Hall–Kier alpha value is -3.48. The van der Waals surface area contributed by atoms with Crippen molar-refractivity contribution in [3.63, 3.8) is 0 Å². The van der Waals surface area contributed by atoms with Gasteiger partial charge in [-0.15, -0.1) is 0 Å². The van der Waals surface area contributed by atoms with Crippen molar-refractivity contribution in [3.8, 4) is 22.9 Å². The predicted octanol–water partition coefficient (Wildman–Crippen LogP) is 3.37. The maximum atomic E-state index is 12.5. The summed E-state index contributed by atoms with van der Waals surface area (Å²) in [6, 6.07) is 13.2. The number of amides is 1. The Labute approximate surface area is 162 Å². The first-order valence-corrected chi connectivity index (χ1v) is 8.88. The van der Waals surface area contributed by atoms with E-state index < -0.39 is 0 Å². The zero-order valence-electron chi connectivity index (χ0n) is 15.9. The summed E-state index contributed by atoms with van der Waals surface area (Å²) in [6.07, 6.45) is 2.02. The molecule has 0 spiro atoms. The molecule has 4 rings (SSSR count). The Bertz CT molecular complexity index is 1010. The van der Waals surface area contributed by atoms with Crippen molar-refractivity contribution < 1.29 is 19.0 Å². The van der Waals surface area contributed by atoms with Crippen molar-refractivity contribution in [1.29, 1.82) is 0 Å². The Morgan fingerprint density at radius 3 is 2.39 bits per heavy atom. The number of carbonyl (C=O) groups excluding carboxylic acids is 1. The fourth-order valence-corrected chi connectivity index (χ4v) is 3.51. The molecule has 3 aromatic rings. The Morgan fingerprint density at radius 2 is 1.71 bits per heavy atom. The Kier molecular flexibility index (Phi) is 4.65. The molecule has 7 nitrogen and oxygen atoms in total. The third kappa shape index (κ3) is 3.05. The van der Waals surface area contributed by atoms with E-state index in [1.54, 1.807) is 27.7 Å². The molecule has 28 heavy (non-hydrogen) atoms. The van der Waals surface area contributed by atoms with Gasteiger partial charge >= 0.3 is 0 Å². The zero-order valence-corrected chi connectivity index (χ0v) is 15.9. The molecule has 0 bridgehead atoms. The molecular formula is C21H21N3O4. The minimum absolute atomic E-state index is 0.0642.